The lowest BCUT2D eigenvalue weighted by Gasteiger charge is -2.10. The number of benzene rings is 1. The Balaban J connectivity index is 2.08. The summed E-state index contributed by atoms with van der Waals surface area (Å²) in [6, 6.07) is 6.58. The Morgan fingerprint density at radius 3 is 2.78 bits per heavy atom. The van der Waals surface area contributed by atoms with E-state index in [9.17, 15) is 18.0 Å². The molecular weight excluding hydrogens is 385 g/mol. The van der Waals surface area contributed by atoms with Crippen molar-refractivity contribution >= 4 is 29.3 Å². The quantitative estimate of drug-likeness (QED) is 0.551. The van der Waals surface area contributed by atoms with Crippen LogP contribution in [0.3, 0.4) is 0 Å². The zero-order valence-corrected chi connectivity index (χ0v) is 15.0. The molecule has 0 aliphatic heterocycles. The fourth-order valence-electron chi connectivity index (χ4n) is 2.03. The molecule has 1 heterocycles. The van der Waals surface area contributed by atoms with Crippen molar-refractivity contribution in [3.63, 3.8) is 0 Å². The number of pyridine rings is 1. The molecule has 0 spiro atoms. The SMILES string of the molecule is COCCOc1ncccc1NC(=O)/C=C/c1ccc(Cl)c(C(F)(F)F)c1. The molecule has 1 N–H and O–H groups in total. The van der Waals surface area contributed by atoms with Crippen LogP contribution in [0.2, 0.25) is 5.02 Å². The smallest absolute Gasteiger partial charge is 0.417 e. The Morgan fingerprint density at radius 1 is 1.30 bits per heavy atom. The van der Waals surface area contributed by atoms with Crippen LogP contribution >= 0.6 is 11.6 Å². The summed E-state index contributed by atoms with van der Waals surface area (Å²) < 4.78 is 48.9. The summed E-state index contributed by atoms with van der Waals surface area (Å²) in [6.07, 6.45) is -0.717. The van der Waals surface area contributed by atoms with Gasteiger partial charge in [-0.15, -0.1) is 0 Å². The van der Waals surface area contributed by atoms with Gasteiger partial charge in [-0.1, -0.05) is 17.7 Å². The third kappa shape index (κ3) is 6.26. The Labute approximate surface area is 158 Å². The number of aromatic nitrogens is 1. The molecule has 0 unspecified atom stereocenters. The summed E-state index contributed by atoms with van der Waals surface area (Å²) in [6.45, 7) is 0.596. The van der Waals surface area contributed by atoms with Gasteiger partial charge in [-0.25, -0.2) is 4.98 Å². The van der Waals surface area contributed by atoms with Crippen LogP contribution in [0.25, 0.3) is 6.08 Å². The summed E-state index contributed by atoms with van der Waals surface area (Å²) >= 11 is 5.57. The molecule has 0 aliphatic rings. The van der Waals surface area contributed by atoms with Gasteiger partial charge in [0, 0.05) is 19.4 Å². The van der Waals surface area contributed by atoms with Gasteiger partial charge in [-0.05, 0) is 35.9 Å². The first kappa shape index (κ1) is 20.7. The number of anilines is 1. The van der Waals surface area contributed by atoms with Gasteiger partial charge in [-0.2, -0.15) is 13.2 Å². The van der Waals surface area contributed by atoms with Crippen molar-refractivity contribution in [1.29, 1.82) is 0 Å². The average molecular weight is 401 g/mol. The molecule has 0 radical (unpaired) electrons. The lowest BCUT2D eigenvalue weighted by atomic mass is 10.1. The lowest BCUT2D eigenvalue weighted by molar-refractivity contribution is -0.137. The number of nitrogens with one attached hydrogen (secondary N) is 1. The van der Waals surface area contributed by atoms with E-state index in [4.69, 9.17) is 21.1 Å². The van der Waals surface area contributed by atoms with Crippen LogP contribution in [-0.2, 0) is 15.7 Å². The van der Waals surface area contributed by atoms with Crippen molar-refractivity contribution in [2.45, 2.75) is 6.18 Å². The number of amides is 1. The van der Waals surface area contributed by atoms with E-state index >= 15 is 0 Å². The highest BCUT2D eigenvalue weighted by Gasteiger charge is 2.33. The number of carbonyl (C=O) groups is 1. The molecule has 27 heavy (non-hydrogen) atoms. The van der Waals surface area contributed by atoms with Gasteiger partial charge < -0.3 is 14.8 Å². The van der Waals surface area contributed by atoms with Gasteiger partial charge in [0.2, 0.25) is 11.8 Å². The van der Waals surface area contributed by atoms with E-state index in [-0.39, 0.29) is 18.1 Å². The minimum absolute atomic E-state index is 0.185. The summed E-state index contributed by atoms with van der Waals surface area (Å²) in [4.78, 5) is 16.1. The van der Waals surface area contributed by atoms with E-state index < -0.39 is 22.7 Å². The van der Waals surface area contributed by atoms with Crippen molar-refractivity contribution in [3.8, 4) is 5.88 Å². The third-order valence-corrected chi connectivity index (χ3v) is 3.61. The van der Waals surface area contributed by atoms with Crippen molar-refractivity contribution in [3.05, 3.63) is 58.8 Å². The Bertz CT molecular complexity index is 826. The van der Waals surface area contributed by atoms with Gasteiger partial charge >= 0.3 is 6.18 Å². The second-order valence-electron chi connectivity index (χ2n) is 5.26. The minimum atomic E-state index is -4.58. The first-order valence-corrected chi connectivity index (χ1v) is 8.11. The zero-order valence-electron chi connectivity index (χ0n) is 14.2. The number of methoxy groups -OCH3 is 1. The molecular formula is C18H16ClF3N2O3. The van der Waals surface area contributed by atoms with Crippen LogP contribution in [-0.4, -0.2) is 31.2 Å². The van der Waals surface area contributed by atoms with Crippen LogP contribution in [0.1, 0.15) is 11.1 Å². The fraction of sp³-hybridized carbons (Fsp3) is 0.222. The number of hydrogen-bond donors (Lipinski definition) is 1. The summed E-state index contributed by atoms with van der Waals surface area (Å²) in [7, 11) is 1.52. The standard InChI is InChI=1S/C18H16ClF3N2O3/c1-26-9-10-27-17-15(3-2-8-23-17)24-16(25)7-5-12-4-6-14(19)13(11-12)18(20,21)22/h2-8,11H,9-10H2,1H3,(H,24,25)/b7-5+. The van der Waals surface area contributed by atoms with E-state index in [1.54, 1.807) is 12.1 Å². The lowest BCUT2D eigenvalue weighted by Crippen LogP contribution is -2.12. The van der Waals surface area contributed by atoms with Crippen molar-refractivity contribution < 1.29 is 27.4 Å². The normalized spacial score (nSPS) is 11.6. The second-order valence-corrected chi connectivity index (χ2v) is 5.66. The Hall–Kier alpha value is -2.58. The number of alkyl halides is 3. The highest BCUT2D eigenvalue weighted by atomic mass is 35.5. The predicted octanol–water partition coefficient (Wildman–Crippen LogP) is 4.43. The molecule has 2 rings (SSSR count). The molecule has 1 aromatic carbocycles. The summed E-state index contributed by atoms with van der Waals surface area (Å²) in [5.41, 5.74) is -0.451. The van der Waals surface area contributed by atoms with E-state index in [0.717, 1.165) is 18.2 Å². The minimum Gasteiger partial charge on any atom is -0.474 e. The van der Waals surface area contributed by atoms with Crippen LogP contribution < -0.4 is 10.1 Å². The molecule has 1 amide bonds. The van der Waals surface area contributed by atoms with Crippen molar-refractivity contribution in [2.24, 2.45) is 0 Å². The molecule has 0 atom stereocenters. The topological polar surface area (TPSA) is 60.5 Å². The van der Waals surface area contributed by atoms with Crippen molar-refractivity contribution in [2.75, 3.05) is 25.6 Å². The Kier molecular flexibility index (Phi) is 7.20. The maximum absolute atomic E-state index is 12.9. The maximum Gasteiger partial charge on any atom is 0.417 e. The van der Waals surface area contributed by atoms with E-state index in [0.29, 0.717) is 12.3 Å². The molecule has 1 aromatic heterocycles. The molecule has 144 valence electrons. The summed E-state index contributed by atoms with van der Waals surface area (Å²) in [5.74, 6) is -0.342. The van der Waals surface area contributed by atoms with Gasteiger partial charge in [0.15, 0.2) is 0 Å². The van der Waals surface area contributed by atoms with Gasteiger partial charge in [0.25, 0.3) is 0 Å². The van der Waals surface area contributed by atoms with E-state index in [1.165, 1.54) is 25.4 Å². The number of nitrogens with zero attached hydrogens (tertiary/aromatic N) is 1. The molecule has 0 saturated carbocycles. The number of hydrogen-bond acceptors (Lipinski definition) is 4. The second kappa shape index (κ2) is 9.38. The molecule has 5 nitrogen and oxygen atoms in total. The fourth-order valence-corrected chi connectivity index (χ4v) is 2.26. The molecule has 0 aliphatic carbocycles. The van der Waals surface area contributed by atoms with Crippen molar-refractivity contribution in [1.82, 2.24) is 4.98 Å². The first-order valence-electron chi connectivity index (χ1n) is 7.74. The molecule has 0 saturated heterocycles. The van der Waals surface area contributed by atoms with Gasteiger partial charge in [-0.3, -0.25) is 4.79 Å². The highest BCUT2D eigenvalue weighted by Crippen LogP contribution is 2.35. The number of carbonyl (C=O) groups excluding carboxylic acids is 1. The molecule has 2 aromatic rings. The van der Waals surface area contributed by atoms with Crippen LogP contribution in [0.4, 0.5) is 18.9 Å². The third-order valence-electron chi connectivity index (χ3n) is 3.28. The van der Waals surface area contributed by atoms with E-state index in [1.807, 2.05) is 0 Å². The van der Waals surface area contributed by atoms with Crippen LogP contribution in [0.5, 0.6) is 5.88 Å². The molecule has 0 bridgehead atoms. The largest absolute Gasteiger partial charge is 0.474 e. The van der Waals surface area contributed by atoms with Crippen LogP contribution in [0.15, 0.2) is 42.6 Å². The number of ether oxygens (including phenoxy) is 2. The molecule has 0 fully saturated rings. The average Bonchev–Trinajstić information content (AvgIpc) is 2.61. The maximum atomic E-state index is 12.9. The van der Waals surface area contributed by atoms with Gasteiger partial charge in [0.1, 0.15) is 12.3 Å². The number of halogens is 4. The van der Waals surface area contributed by atoms with E-state index in [2.05, 4.69) is 10.3 Å². The van der Waals surface area contributed by atoms with Crippen LogP contribution in [0, 0.1) is 0 Å². The van der Waals surface area contributed by atoms with Gasteiger partial charge in [0.05, 0.1) is 17.2 Å². The monoisotopic (exact) mass is 400 g/mol. The highest BCUT2D eigenvalue weighted by molar-refractivity contribution is 6.31. The zero-order chi connectivity index (χ0) is 19.9. The predicted molar refractivity (Wildman–Crippen MR) is 95.7 cm³/mol. The molecule has 9 heteroatoms. The first-order chi connectivity index (χ1) is 12.8. The number of rotatable bonds is 7. The Morgan fingerprint density at radius 2 is 2.07 bits per heavy atom. The summed E-state index contributed by atoms with van der Waals surface area (Å²) in [5, 5.41) is 2.16.